The van der Waals surface area contributed by atoms with Gasteiger partial charge in [0.15, 0.2) is 0 Å². The molecule has 3 heteroatoms. The zero-order valence-electron chi connectivity index (χ0n) is 7.90. The van der Waals surface area contributed by atoms with Crippen molar-refractivity contribution in [3.63, 3.8) is 0 Å². The molecule has 0 nitrogen and oxygen atoms in total. The van der Waals surface area contributed by atoms with E-state index >= 15 is 0 Å². The fraction of sp³-hybridized carbons (Fsp3) is 0. The van der Waals surface area contributed by atoms with Gasteiger partial charge in [-0.2, -0.15) is 0 Å². The van der Waals surface area contributed by atoms with Gasteiger partial charge in [0.2, 0.25) is 0 Å². The van der Waals surface area contributed by atoms with Crippen molar-refractivity contribution in [3.05, 3.63) is 54.6 Å². The third-order valence-corrected chi connectivity index (χ3v) is 5.65. The van der Waals surface area contributed by atoms with Crippen LogP contribution in [0.15, 0.2) is 54.6 Å². The van der Waals surface area contributed by atoms with E-state index in [2.05, 4.69) is 18.2 Å². The van der Waals surface area contributed by atoms with Gasteiger partial charge in [-0.1, -0.05) is 0 Å². The molecule has 2 aromatic carbocycles. The number of rotatable bonds is 2. The predicted octanol–water partition coefficient (Wildman–Crippen LogP) is 3.53. The summed E-state index contributed by atoms with van der Waals surface area (Å²) in [5.41, 5.74) is 2.33. The topological polar surface area (TPSA) is 0 Å². The van der Waals surface area contributed by atoms with Crippen LogP contribution in [0.1, 0.15) is 0 Å². The van der Waals surface area contributed by atoms with Gasteiger partial charge < -0.3 is 0 Å². The number of benzene rings is 2. The third kappa shape index (κ3) is 2.58. The number of halogens is 2. The van der Waals surface area contributed by atoms with Crippen molar-refractivity contribution in [1.82, 2.24) is 0 Å². The molecule has 0 amide bonds. The Labute approximate surface area is 102 Å². The summed E-state index contributed by atoms with van der Waals surface area (Å²) in [5.74, 6) is 0. The zero-order chi connectivity index (χ0) is 10.7. The minimum absolute atomic E-state index is 1.10. The third-order valence-electron chi connectivity index (χ3n) is 2.17. The first-order valence-electron chi connectivity index (χ1n) is 4.55. The molecule has 0 N–H and O–H groups in total. The van der Waals surface area contributed by atoms with Gasteiger partial charge in [0.1, 0.15) is 0 Å². The van der Waals surface area contributed by atoms with Crippen LogP contribution in [0.25, 0.3) is 11.1 Å². The molecule has 0 aromatic heterocycles. The van der Waals surface area contributed by atoms with Crippen LogP contribution in [0.3, 0.4) is 0 Å². The Bertz CT molecular complexity index is 440. The fourth-order valence-corrected chi connectivity index (χ4v) is 4.24. The summed E-state index contributed by atoms with van der Waals surface area (Å²) in [5, 5.41) is 0. The second kappa shape index (κ2) is 5.07. The average molecular weight is 299 g/mol. The fourth-order valence-electron chi connectivity index (χ4n) is 1.48. The summed E-state index contributed by atoms with van der Waals surface area (Å²) in [6, 6.07) is 18.3. The van der Waals surface area contributed by atoms with Crippen LogP contribution >= 0.6 is 19.9 Å². The maximum atomic E-state index is 6.07. The summed E-state index contributed by atoms with van der Waals surface area (Å²) in [4.78, 5) is 0. The Morgan fingerprint density at radius 2 is 1.33 bits per heavy atom. The van der Waals surface area contributed by atoms with Crippen LogP contribution in [0.5, 0.6) is 0 Å². The van der Waals surface area contributed by atoms with Gasteiger partial charge in [-0.25, -0.2) is 0 Å². The van der Waals surface area contributed by atoms with E-state index in [-0.39, 0.29) is 0 Å². The Hall–Kier alpha value is -0.422. The molecule has 0 heterocycles. The molecule has 0 aliphatic heterocycles. The monoisotopic (exact) mass is 298 g/mol. The summed E-state index contributed by atoms with van der Waals surface area (Å²) >= 11 is -1.86. The van der Waals surface area contributed by atoms with Gasteiger partial charge in [0.05, 0.1) is 0 Å². The molecule has 0 atom stereocenters. The van der Waals surface area contributed by atoms with Crippen LogP contribution < -0.4 is 4.35 Å². The predicted molar refractivity (Wildman–Crippen MR) is 69.0 cm³/mol. The molecule has 0 saturated heterocycles. The minimum atomic E-state index is -1.86. The molecule has 0 bridgehead atoms. The molecule has 0 saturated carbocycles. The summed E-state index contributed by atoms with van der Waals surface area (Å²) in [6.07, 6.45) is 0. The Balaban J connectivity index is 2.53. The van der Waals surface area contributed by atoms with Crippen LogP contribution in [0, 0.1) is 0 Å². The molecule has 0 aliphatic carbocycles. The van der Waals surface area contributed by atoms with Crippen LogP contribution in [-0.2, 0) is 0 Å². The molecular weight excluding hydrogens is 290 g/mol. The van der Waals surface area contributed by atoms with Gasteiger partial charge in [0.25, 0.3) is 0 Å². The Kier molecular flexibility index (Phi) is 3.75. The molecule has 0 radical (unpaired) electrons. The molecule has 2 aromatic rings. The van der Waals surface area contributed by atoms with Crippen molar-refractivity contribution < 1.29 is 0 Å². The first kappa shape index (κ1) is 11.1. The van der Waals surface area contributed by atoms with E-state index in [0.29, 0.717) is 0 Å². The summed E-state index contributed by atoms with van der Waals surface area (Å²) < 4.78 is 1.10. The van der Waals surface area contributed by atoms with E-state index < -0.39 is 12.8 Å². The first-order chi connectivity index (χ1) is 7.29. The molecule has 0 unspecified atom stereocenters. The van der Waals surface area contributed by atoms with E-state index in [1.807, 2.05) is 36.4 Å². The molecule has 0 spiro atoms. The summed E-state index contributed by atoms with van der Waals surface area (Å²) in [7, 11) is 12.1. The second-order valence-corrected chi connectivity index (χ2v) is 9.52. The maximum absolute atomic E-state index is 6.07. The second-order valence-electron chi connectivity index (χ2n) is 3.12. The SMILES string of the molecule is Cl[As](Cl)c1ccccc1-c1ccccc1. The Morgan fingerprint density at radius 1 is 0.733 bits per heavy atom. The molecule has 0 aliphatic rings. The van der Waals surface area contributed by atoms with Gasteiger partial charge in [-0.3, -0.25) is 0 Å². The van der Waals surface area contributed by atoms with E-state index in [1.54, 1.807) is 0 Å². The normalized spacial score (nSPS) is 10.6. The molecule has 15 heavy (non-hydrogen) atoms. The number of hydrogen-bond acceptors (Lipinski definition) is 0. The molecule has 0 fully saturated rings. The van der Waals surface area contributed by atoms with Gasteiger partial charge >= 0.3 is 103 Å². The summed E-state index contributed by atoms with van der Waals surface area (Å²) in [6.45, 7) is 0. The quantitative estimate of drug-likeness (QED) is 0.744. The van der Waals surface area contributed by atoms with Crippen molar-refractivity contribution >= 4 is 37.0 Å². The van der Waals surface area contributed by atoms with E-state index in [1.165, 1.54) is 5.56 Å². The zero-order valence-corrected chi connectivity index (χ0v) is 11.3. The van der Waals surface area contributed by atoms with Crippen molar-refractivity contribution in [2.45, 2.75) is 0 Å². The molecular formula is C12H9AsCl2. The van der Waals surface area contributed by atoms with E-state index in [9.17, 15) is 0 Å². The van der Waals surface area contributed by atoms with Gasteiger partial charge in [0, 0.05) is 0 Å². The van der Waals surface area contributed by atoms with Crippen molar-refractivity contribution in [2.24, 2.45) is 0 Å². The van der Waals surface area contributed by atoms with Crippen LogP contribution in [0.4, 0.5) is 0 Å². The first-order valence-corrected chi connectivity index (χ1v) is 10.4. The molecule has 2 rings (SSSR count). The average Bonchev–Trinajstić information content (AvgIpc) is 2.30. The molecule has 76 valence electrons. The Morgan fingerprint density at radius 3 is 2.00 bits per heavy atom. The standard InChI is InChI=1S/C12H9AsCl2/c14-13(15)12-9-5-4-8-11(12)10-6-2-1-3-7-10/h1-9H. The van der Waals surface area contributed by atoms with Crippen molar-refractivity contribution in [2.75, 3.05) is 0 Å². The van der Waals surface area contributed by atoms with Crippen molar-refractivity contribution in [1.29, 1.82) is 0 Å². The van der Waals surface area contributed by atoms with Crippen molar-refractivity contribution in [3.8, 4) is 11.1 Å². The van der Waals surface area contributed by atoms with Gasteiger partial charge in [-0.15, -0.1) is 0 Å². The van der Waals surface area contributed by atoms with Gasteiger partial charge in [-0.05, 0) is 0 Å². The van der Waals surface area contributed by atoms with E-state index in [0.717, 1.165) is 9.91 Å². The van der Waals surface area contributed by atoms with Crippen LogP contribution in [0.2, 0.25) is 0 Å². The van der Waals surface area contributed by atoms with Crippen LogP contribution in [-0.4, -0.2) is 12.8 Å². The van der Waals surface area contributed by atoms with E-state index in [4.69, 9.17) is 19.9 Å². The number of hydrogen-bond donors (Lipinski definition) is 0.